The van der Waals surface area contributed by atoms with Crippen molar-refractivity contribution in [2.24, 2.45) is 0 Å². The smallest absolute Gasteiger partial charge is 0.0163 e. The second-order valence-electron chi connectivity index (χ2n) is 4.69. The topological polar surface area (TPSA) is 3.24 Å². The van der Waals surface area contributed by atoms with Gasteiger partial charge >= 0.3 is 0 Å². The average Bonchev–Trinajstić information content (AvgIpc) is 2.63. The molecule has 1 saturated heterocycles. The Morgan fingerprint density at radius 3 is 2.67 bits per heavy atom. The Kier molecular flexibility index (Phi) is 1.96. The molecule has 0 unspecified atom stereocenters. The van der Waals surface area contributed by atoms with E-state index < -0.39 is 0 Å². The van der Waals surface area contributed by atoms with E-state index in [1.165, 1.54) is 24.0 Å². The minimum Gasteiger partial charge on any atom is -0.459 e. The molecule has 0 atom stereocenters. The maximum Gasteiger partial charge on any atom is 0.0163 e. The van der Waals surface area contributed by atoms with Gasteiger partial charge in [-0.3, -0.25) is 7.05 Å². The molecule has 0 aromatic heterocycles. The Morgan fingerprint density at radius 2 is 1.87 bits per heavy atom. The predicted octanol–water partition coefficient (Wildman–Crippen LogP) is 2.84. The lowest BCUT2D eigenvalue weighted by molar-refractivity contribution is 0.240. The second kappa shape index (κ2) is 3.21. The van der Waals surface area contributed by atoms with E-state index >= 15 is 0 Å². The number of nitrogens with zero attached hydrogens (tertiary/aromatic N) is 1. The zero-order valence-corrected chi connectivity index (χ0v) is 8.95. The van der Waals surface area contributed by atoms with Crippen LogP contribution in [0.2, 0.25) is 0 Å². The quantitative estimate of drug-likeness (QED) is 0.579. The van der Waals surface area contributed by atoms with Crippen LogP contribution in [-0.4, -0.2) is 18.0 Å². The molecular formula is C14H16N-. The Labute approximate surface area is 91.4 Å². The van der Waals surface area contributed by atoms with Crippen molar-refractivity contribution >= 4 is 6.08 Å². The fourth-order valence-electron chi connectivity index (χ4n) is 2.82. The van der Waals surface area contributed by atoms with Crippen LogP contribution in [0.15, 0.2) is 30.3 Å². The number of hydrogen-bond acceptors (Lipinski definition) is 1. The van der Waals surface area contributed by atoms with Crippen LogP contribution in [0.3, 0.4) is 0 Å². The summed E-state index contributed by atoms with van der Waals surface area (Å²) in [5, 5.41) is 0. The minimum absolute atomic E-state index is 0.324. The number of rotatable bonds is 0. The molecule has 3 rings (SSSR count). The third-order valence-electron chi connectivity index (χ3n) is 3.83. The van der Waals surface area contributed by atoms with Crippen molar-refractivity contribution < 1.29 is 0 Å². The molecule has 15 heavy (non-hydrogen) atoms. The molecule has 1 aromatic rings. The largest absolute Gasteiger partial charge is 0.459 e. The summed E-state index contributed by atoms with van der Waals surface area (Å²) in [6, 6.07) is 8.79. The van der Waals surface area contributed by atoms with Crippen molar-refractivity contribution in [3.8, 4) is 0 Å². The van der Waals surface area contributed by atoms with Crippen molar-refractivity contribution in [3.05, 3.63) is 48.5 Å². The SMILES string of the molecule is [CH2-]N1CCC2(C=Cc3ccccc32)CC1. The molecule has 0 bridgehead atoms. The molecule has 0 N–H and O–H groups in total. The van der Waals surface area contributed by atoms with Gasteiger partial charge in [0.1, 0.15) is 0 Å². The van der Waals surface area contributed by atoms with Crippen molar-refractivity contribution in [3.63, 3.8) is 0 Å². The Bertz CT molecular complexity index is 398. The number of piperidine rings is 1. The lowest BCUT2D eigenvalue weighted by atomic mass is 9.75. The number of allylic oxidation sites excluding steroid dienone is 1. The number of fused-ring (bicyclic) bond motifs is 2. The molecule has 0 amide bonds. The predicted molar refractivity (Wildman–Crippen MR) is 63.3 cm³/mol. The highest BCUT2D eigenvalue weighted by Crippen LogP contribution is 2.43. The van der Waals surface area contributed by atoms with Crippen LogP contribution in [0.25, 0.3) is 6.08 Å². The molecule has 1 aromatic carbocycles. The molecule has 78 valence electrons. The number of benzene rings is 1. The first kappa shape index (κ1) is 9.17. The summed E-state index contributed by atoms with van der Waals surface area (Å²) in [6.07, 6.45) is 7.12. The molecule has 2 aliphatic rings. The van der Waals surface area contributed by atoms with Gasteiger partial charge in [0.05, 0.1) is 0 Å². The first-order valence-electron chi connectivity index (χ1n) is 5.64. The van der Waals surface area contributed by atoms with E-state index in [0.29, 0.717) is 5.41 Å². The lowest BCUT2D eigenvalue weighted by Gasteiger charge is -2.41. The molecule has 1 spiro atoms. The molecule has 1 aliphatic heterocycles. The standard InChI is InChI=1S/C14H16N/c1-15-10-8-14(9-11-15)7-6-12-4-2-3-5-13(12)14/h2-7H,1,8-11H2/q-1. The summed E-state index contributed by atoms with van der Waals surface area (Å²) in [7, 11) is 4.02. The van der Waals surface area contributed by atoms with Crippen LogP contribution in [0.5, 0.6) is 0 Å². The highest BCUT2D eigenvalue weighted by Gasteiger charge is 2.35. The highest BCUT2D eigenvalue weighted by atomic mass is 15.1. The zero-order valence-electron chi connectivity index (χ0n) is 8.95. The Morgan fingerprint density at radius 1 is 1.13 bits per heavy atom. The molecule has 1 heteroatoms. The fourth-order valence-corrected chi connectivity index (χ4v) is 2.82. The number of likely N-dealkylation sites (tertiary alicyclic amines) is 1. The van der Waals surface area contributed by atoms with Gasteiger partial charge in [0.25, 0.3) is 0 Å². The van der Waals surface area contributed by atoms with Gasteiger partial charge in [-0.25, -0.2) is 0 Å². The maximum absolute atomic E-state index is 4.02. The van der Waals surface area contributed by atoms with E-state index in [1.807, 2.05) is 0 Å². The Hall–Kier alpha value is -1.08. The molecule has 1 aliphatic carbocycles. The van der Waals surface area contributed by atoms with Gasteiger partial charge in [-0.1, -0.05) is 36.4 Å². The normalized spacial score (nSPS) is 23.3. The first-order valence-corrected chi connectivity index (χ1v) is 5.64. The first-order chi connectivity index (χ1) is 7.30. The summed E-state index contributed by atoms with van der Waals surface area (Å²) < 4.78 is 0. The third kappa shape index (κ3) is 1.34. The van der Waals surface area contributed by atoms with Gasteiger partial charge in [0.15, 0.2) is 0 Å². The zero-order chi connectivity index (χ0) is 10.3. The monoisotopic (exact) mass is 198 g/mol. The van der Waals surface area contributed by atoms with Crippen LogP contribution in [-0.2, 0) is 5.41 Å². The lowest BCUT2D eigenvalue weighted by Crippen LogP contribution is -2.37. The Balaban J connectivity index is 1.99. The van der Waals surface area contributed by atoms with Gasteiger partial charge in [0, 0.05) is 5.41 Å². The summed E-state index contributed by atoms with van der Waals surface area (Å²) >= 11 is 0. The van der Waals surface area contributed by atoms with E-state index in [0.717, 1.165) is 13.1 Å². The van der Waals surface area contributed by atoms with Crippen LogP contribution < -0.4 is 0 Å². The van der Waals surface area contributed by atoms with Crippen molar-refractivity contribution in [2.45, 2.75) is 18.3 Å². The number of hydrogen-bond donors (Lipinski definition) is 0. The third-order valence-corrected chi connectivity index (χ3v) is 3.83. The van der Waals surface area contributed by atoms with Crippen molar-refractivity contribution in [1.82, 2.24) is 4.90 Å². The van der Waals surface area contributed by atoms with Crippen LogP contribution in [0, 0.1) is 7.05 Å². The van der Waals surface area contributed by atoms with Crippen LogP contribution in [0.1, 0.15) is 24.0 Å². The molecule has 1 nitrogen and oxygen atoms in total. The summed E-state index contributed by atoms with van der Waals surface area (Å²) in [6.45, 7) is 2.22. The van der Waals surface area contributed by atoms with Gasteiger partial charge in [-0.05, 0) is 37.1 Å². The fraction of sp³-hybridized carbons (Fsp3) is 0.357. The molecular weight excluding hydrogens is 182 g/mol. The molecule has 0 saturated carbocycles. The van der Waals surface area contributed by atoms with Crippen molar-refractivity contribution in [1.29, 1.82) is 0 Å². The van der Waals surface area contributed by atoms with E-state index in [4.69, 9.17) is 0 Å². The van der Waals surface area contributed by atoms with Crippen molar-refractivity contribution in [2.75, 3.05) is 13.1 Å². The van der Waals surface area contributed by atoms with E-state index in [1.54, 1.807) is 0 Å². The minimum atomic E-state index is 0.324. The van der Waals surface area contributed by atoms with Gasteiger partial charge in [-0.15, -0.1) is 0 Å². The van der Waals surface area contributed by atoms with Gasteiger partial charge in [0.2, 0.25) is 0 Å². The maximum atomic E-state index is 4.02. The van der Waals surface area contributed by atoms with E-state index in [2.05, 4.69) is 48.4 Å². The average molecular weight is 198 g/mol. The van der Waals surface area contributed by atoms with Gasteiger partial charge < -0.3 is 4.90 Å². The molecule has 1 fully saturated rings. The molecule has 1 heterocycles. The van der Waals surface area contributed by atoms with Crippen LogP contribution >= 0.6 is 0 Å². The van der Waals surface area contributed by atoms with E-state index in [-0.39, 0.29) is 0 Å². The van der Waals surface area contributed by atoms with Crippen LogP contribution in [0.4, 0.5) is 0 Å². The second-order valence-corrected chi connectivity index (χ2v) is 4.69. The molecule has 0 radical (unpaired) electrons. The van der Waals surface area contributed by atoms with Gasteiger partial charge in [-0.2, -0.15) is 0 Å². The summed E-state index contributed by atoms with van der Waals surface area (Å²) in [5.74, 6) is 0. The highest BCUT2D eigenvalue weighted by molar-refractivity contribution is 5.65. The summed E-state index contributed by atoms with van der Waals surface area (Å²) in [5.41, 5.74) is 3.26. The summed E-state index contributed by atoms with van der Waals surface area (Å²) in [4.78, 5) is 2.18. The van der Waals surface area contributed by atoms with E-state index in [9.17, 15) is 0 Å².